The summed E-state index contributed by atoms with van der Waals surface area (Å²) in [4.78, 5) is 4.77. The van der Waals surface area contributed by atoms with Crippen LogP contribution in [0.4, 0.5) is 34.1 Å². The molecule has 0 aliphatic rings. The van der Waals surface area contributed by atoms with Gasteiger partial charge in [-0.05, 0) is 123 Å². The topological polar surface area (TPSA) is 32.8 Å². The van der Waals surface area contributed by atoms with E-state index < -0.39 is 0 Å². The molecular formula is C52H40N2O2. The van der Waals surface area contributed by atoms with Gasteiger partial charge in [0.15, 0.2) is 0 Å². The first kappa shape index (κ1) is 33.5. The first-order valence-corrected chi connectivity index (χ1v) is 19.1. The van der Waals surface area contributed by atoms with Crippen LogP contribution in [0.2, 0.25) is 0 Å². The van der Waals surface area contributed by atoms with Crippen molar-refractivity contribution in [2.75, 3.05) is 9.80 Å². The molecule has 0 amide bonds. The highest BCUT2D eigenvalue weighted by atomic mass is 16.3. The molecule has 0 unspecified atom stereocenters. The quantitative estimate of drug-likeness (QED) is 0.146. The van der Waals surface area contributed by atoms with E-state index in [1.54, 1.807) is 12.5 Å². The minimum Gasteiger partial charge on any atom is -0.464 e. The van der Waals surface area contributed by atoms with Crippen molar-refractivity contribution < 1.29 is 8.83 Å². The lowest BCUT2D eigenvalue weighted by atomic mass is 9.86. The van der Waals surface area contributed by atoms with Crippen molar-refractivity contribution in [2.24, 2.45) is 0 Å². The van der Waals surface area contributed by atoms with E-state index in [0.717, 1.165) is 78.3 Å². The van der Waals surface area contributed by atoms with Crippen molar-refractivity contribution >= 4 is 66.4 Å². The maximum atomic E-state index is 6.23. The summed E-state index contributed by atoms with van der Waals surface area (Å²) < 4.78 is 12.5. The van der Waals surface area contributed by atoms with Gasteiger partial charge in [-0.25, -0.2) is 0 Å². The Morgan fingerprint density at radius 2 is 0.643 bits per heavy atom. The Labute approximate surface area is 326 Å². The summed E-state index contributed by atoms with van der Waals surface area (Å²) in [6.07, 6.45) is 3.53. The zero-order valence-corrected chi connectivity index (χ0v) is 31.9. The van der Waals surface area contributed by atoms with Gasteiger partial charge in [0.1, 0.15) is 11.5 Å². The third-order valence-corrected chi connectivity index (χ3v) is 11.1. The van der Waals surface area contributed by atoms with Crippen LogP contribution >= 0.6 is 0 Å². The number of nitrogens with zero attached hydrogens (tertiary/aromatic N) is 2. The fraction of sp³-hybridized carbons (Fsp3) is 0.0769. The van der Waals surface area contributed by atoms with Crippen LogP contribution in [-0.4, -0.2) is 0 Å². The van der Waals surface area contributed by atoms with Gasteiger partial charge in [-0.1, -0.05) is 95.1 Å². The summed E-state index contributed by atoms with van der Waals surface area (Å²) in [6, 6.07) is 57.1. The smallest absolute Gasteiger partial charge is 0.134 e. The van der Waals surface area contributed by atoms with Crippen LogP contribution in [0, 0.1) is 27.7 Å². The summed E-state index contributed by atoms with van der Waals surface area (Å²) in [6.45, 7) is 8.54. The van der Waals surface area contributed by atoms with Crippen molar-refractivity contribution in [1.29, 1.82) is 0 Å². The van der Waals surface area contributed by atoms with Crippen LogP contribution in [0.1, 0.15) is 22.3 Å². The SMILES string of the molecule is Cc1ccc(N(c2ccc(C)cc2)c2cc(-c3ccco3)c3ccc4c(N(c5ccc(C)cc5)c5ccc(C)cc5)cc(-c5ccco5)c5ccc2c3c54)cc1. The molecule has 4 heteroatoms. The molecule has 270 valence electrons. The Balaban J connectivity index is 1.36. The second-order valence-corrected chi connectivity index (χ2v) is 14.9. The van der Waals surface area contributed by atoms with Crippen molar-refractivity contribution in [1.82, 2.24) is 0 Å². The number of hydrogen-bond donors (Lipinski definition) is 0. The summed E-state index contributed by atoms with van der Waals surface area (Å²) in [5.74, 6) is 1.65. The number of rotatable bonds is 8. The van der Waals surface area contributed by atoms with E-state index in [1.807, 2.05) is 12.1 Å². The van der Waals surface area contributed by atoms with Crippen molar-refractivity contribution in [2.45, 2.75) is 27.7 Å². The normalized spacial score (nSPS) is 11.6. The zero-order chi connectivity index (χ0) is 37.9. The molecule has 0 fully saturated rings. The molecule has 10 aromatic rings. The largest absolute Gasteiger partial charge is 0.464 e. The minimum atomic E-state index is 0.823. The summed E-state index contributed by atoms with van der Waals surface area (Å²) in [5.41, 5.74) is 13.4. The van der Waals surface area contributed by atoms with Gasteiger partial charge < -0.3 is 18.6 Å². The Morgan fingerprint density at radius 1 is 0.339 bits per heavy atom. The molecule has 8 aromatic carbocycles. The summed E-state index contributed by atoms with van der Waals surface area (Å²) in [7, 11) is 0. The number of aryl methyl sites for hydroxylation is 4. The molecule has 0 spiro atoms. The summed E-state index contributed by atoms with van der Waals surface area (Å²) >= 11 is 0. The predicted molar refractivity (Wildman–Crippen MR) is 234 cm³/mol. The monoisotopic (exact) mass is 724 g/mol. The number of anilines is 6. The average Bonchev–Trinajstić information content (AvgIpc) is 3.97. The van der Waals surface area contributed by atoms with E-state index in [1.165, 1.54) is 33.0 Å². The second kappa shape index (κ2) is 13.4. The van der Waals surface area contributed by atoms with E-state index >= 15 is 0 Å². The number of benzene rings is 8. The predicted octanol–water partition coefficient (Wildman–Crippen LogP) is 15.3. The highest BCUT2D eigenvalue weighted by molar-refractivity contribution is 6.32. The van der Waals surface area contributed by atoms with Crippen molar-refractivity contribution in [3.63, 3.8) is 0 Å². The van der Waals surface area contributed by atoms with Gasteiger partial charge in [-0.15, -0.1) is 0 Å². The molecule has 0 saturated carbocycles. The van der Waals surface area contributed by atoms with Crippen molar-refractivity contribution in [3.8, 4) is 22.6 Å². The average molecular weight is 725 g/mol. The van der Waals surface area contributed by atoms with E-state index in [9.17, 15) is 0 Å². The number of furan rings is 2. The van der Waals surface area contributed by atoms with E-state index in [-0.39, 0.29) is 0 Å². The number of hydrogen-bond acceptors (Lipinski definition) is 4. The Kier molecular flexibility index (Phi) is 8.00. The fourth-order valence-corrected chi connectivity index (χ4v) is 8.23. The van der Waals surface area contributed by atoms with Crippen LogP contribution in [-0.2, 0) is 0 Å². The molecule has 0 radical (unpaired) electrons. The second-order valence-electron chi connectivity index (χ2n) is 14.9. The molecule has 0 aliphatic carbocycles. The molecule has 56 heavy (non-hydrogen) atoms. The van der Waals surface area contributed by atoms with Gasteiger partial charge in [0, 0.05) is 55.4 Å². The van der Waals surface area contributed by atoms with E-state index in [0.29, 0.717) is 0 Å². The van der Waals surface area contributed by atoms with Crippen molar-refractivity contribution in [3.05, 3.63) is 193 Å². The first-order valence-electron chi connectivity index (χ1n) is 19.1. The molecule has 0 aliphatic heterocycles. The minimum absolute atomic E-state index is 0.823. The maximum absolute atomic E-state index is 6.23. The third kappa shape index (κ3) is 5.61. The van der Waals surface area contributed by atoms with Crippen LogP contribution in [0.15, 0.2) is 179 Å². The van der Waals surface area contributed by atoms with Gasteiger partial charge in [0.25, 0.3) is 0 Å². The highest BCUT2D eigenvalue weighted by Crippen LogP contribution is 2.52. The third-order valence-electron chi connectivity index (χ3n) is 11.1. The summed E-state index contributed by atoms with van der Waals surface area (Å²) in [5, 5.41) is 6.91. The molecule has 2 heterocycles. The van der Waals surface area contributed by atoms with Gasteiger partial charge in [-0.2, -0.15) is 0 Å². The van der Waals surface area contributed by atoms with Gasteiger partial charge in [0.05, 0.1) is 23.9 Å². The molecule has 0 saturated heterocycles. The molecule has 2 aromatic heterocycles. The van der Waals surface area contributed by atoms with Crippen LogP contribution in [0.3, 0.4) is 0 Å². The molecular weight excluding hydrogens is 685 g/mol. The fourth-order valence-electron chi connectivity index (χ4n) is 8.23. The van der Waals surface area contributed by atoms with Gasteiger partial charge in [-0.3, -0.25) is 0 Å². The standard InChI is InChI=1S/C52H40N2O2/c1-33-9-17-37(18-10-33)53(38-19-11-34(2)12-20-38)47-31-45(49-7-5-29-55-49)41-26-28-44-48(54(39-21-13-35(3)14-22-39)40-23-15-36(4)16-24-40)32-46(50-8-6-30-56-50)42-25-27-43(47)51(41)52(42)44/h5-32H,1-4H3. The van der Waals surface area contributed by atoms with Crippen LogP contribution in [0.25, 0.3) is 55.0 Å². The molecule has 0 N–H and O–H groups in total. The Hall–Kier alpha value is -7.04. The molecule has 0 bridgehead atoms. The maximum Gasteiger partial charge on any atom is 0.134 e. The first-order chi connectivity index (χ1) is 27.4. The Morgan fingerprint density at radius 3 is 0.929 bits per heavy atom. The van der Waals surface area contributed by atoms with Gasteiger partial charge >= 0.3 is 0 Å². The molecule has 10 rings (SSSR count). The Bertz CT molecular complexity index is 2660. The zero-order valence-electron chi connectivity index (χ0n) is 31.9. The molecule has 4 nitrogen and oxygen atoms in total. The van der Waals surface area contributed by atoms with Crippen LogP contribution in [0.5, 0.6) is 0 Å². The van der Waals surface area contributed by atoms with E-state index in [4.69, 9.17) is 8.83 Å². The lowest BCUT2D eigenvalue weighted by Gasteiger charge is -2.30. The van der Waals surface area contributed by atoms with Gasteiger partial charge in [0.2, 0.25) is 0 Å². The molecule has 0 atom stereocenters. The van der Waals surface area contributed by atoms with E-state index in [2.05, 4.69) is 183 Å². The highest BCUT2D eigenvalue weighted by Gasteiger charge is 2.26. The van der Waals surface area contributed by atoms with Crippen LogP contribution < -0.4 is 9.80 Å². The lowest BCUT2D eigenvalue weighted by Crippen LogP contribution is -2.12. The lowest BCUT2D eigenvalue weighted by molar-refractivity contribution is 0.582.